The number of alkyl halides is 3. The molecule has 0 aliphatic rings. The van der Waals surface area contributed by atoms with Gasteiger partial charge in [-0.25, -0.2) is 13.2 Å². The molecular weight excluding hydrogens is 270 g/mol. The first-order valence-corrected chi connectivity index (χ1v) is 5.12. The minimum absolute atomic E-state index is 0.220. The van der Waals surface area contributed by atoms with Crippen LogP contribution >= 0.6 is 0 Å². The Hall–Kier alpha value is -1.98. The van der Waals surface area contributed by atoms with Crippen LogP contribution in [0.2, 0.25) is 0 Å². The van der Waals surface area contributed by atoms with E-state index < -0.39 is 40.3 Å². The van der Waals surface area contributed by atoms with Crippen LogP contribution in [-0.4, -0.2) is 0 Å². The highest BCUT2D eigenvalue weighted by Crippen LogP contribution is 2.38. The van der Waals surface area contributed by atoms with E-state index in [2.05, 4.69) is 0 Å². The largest absolute Gasteiger partial charge is 0.417 e. The molecule has 0 saturated heterocycles. The summed E-state index contributed by atoms with van der Waals surface area (Å²) in [4.78, 5) is 0. The van der Waals surface area contributed by atoms with Gasteiger partial charge in [-0.05, 0) is 17.7 Å². The summed E-state index contributed by atoms with van der Waals surface area (Å²) in [5, 5.41) is 0. The van der Waals surface area contributed by atoms with E-state index in [1.54, 1.807) is 0 Å². The van der Waals surface area contributed by atoms with Crippen LogP contribution in [0.15, 0.2) is 36.4 Å². The van der Waals surface area contributed by atoms with Crippen molar-refractivity contribution in [3.8, 4) is 11.1 Å². The van der Waals surface area contributed by atoms with Crippen molar-refractivity contribution in [3.05, 3.63) is 59.4 Å². The maximum Gasteiger partial charge on any atom is 0.417 e. The monoisotopic (exact) mass is 276 g/mol. The Balaban J connectivity index is 2.70. The van der Waals surface area contributed by atoms with Crippen molar-refractivity contribution < 1.29 is 26.3 Å². The van der Waals surface area contributed by atoms with E-state index in [-0.39, 0.29) is 6.07 Å². The fraction of sp³-hybridized carbons (Fsp3) is 0.0769. The van der Waals surface area contributed by atoms with Crippen molar-refractivity contribution in [2.24, 2.45) is 0 Å². The Morgan fingerprint density at radius 1 is 0.684 bits per heavy atom. The lowest BCUT2D eigenvalue weighted by molar-refractivity contribution is -0.137. The highest BCUT2D eigenvalue weighted by Gasteiger charge is 2.34. The Kier molecular flexibility index (Phi) is 3.26. The Morgan fingerprint density at radius 2 is 1.26 bits per heavy atom. The summed E-state index contributed by atoms with van der Waals surface area (Å²) in [5.74, 6) is -4.12. The summed E-state index contributed by atoms with van der Waals surface area (Å²) >= 11 is 0. The Labute approximate surface area is 104 Å². The lowest BCUT2D eigenvalue weighted by Crippen LogP contribution is -2.07. The molecule has 0 radical (unpaired) electrons. The van der Waals surface area contributed by atoms with E-state index in [4.69, 9.17) is 0 Å². The van der Waals surface area contributed by atoms with Crippen LogP contribution in [0.4, 0.5) is 26.3 Å². The maximum absolute atomic E-state index is 13.5. The summed E-state index contributed by atoms with van der Waals surface area (Å²) in [6.45, 7) is 0. The van der Waals surface area contributed by atoms with E-state index in [1.165, 1.54) is 6.07 Å². The minimum Gasteiger partial charge on any atom is -0.206 e. The predicted molar refractivity (Wildman–Crippen MR) is 56.8 cm³/mol. The van der Waals surface area contributed by atoms with Crippen LogP contribution in [0.25, 0.3) is 11.1 Å². The highest BCUT2D eigenvalue weighted by molar-refractivity contribution is 5.68. The van der Waals surface area contributed by atoms with E-state index in [9.17, 15) is 26.3 Å². The smallest absolute Gasteiger partial charge is 0.206 e. The van der Waals surface area contributed by atoms with Gasteiger partial charge in [0.1, 0.15) is 5.82 Å². The molecule has 0 unspecified atom stereocenters. The molecule has 0 aliphatic carbocycles. The van der Waals surface area contributed by atoms with E-state index in [1.807, 2.05) is 0 Å². The van der Waals surface area contributed by atoms with Crippen LogP contribution in [0.1, 0.15) is 5.56 Å². The van der Waals surface area contributed by atoms with Crippen LogP contribution in [0, 0.1) is 17.5 Å². The van der Waals surface area contributed by atoms with Gasteiger partial charge in [0.05, 0.1) is 5.56 Å². The standard InChI is InChI=1S/C13H6F6/c14-10-6-12(16)11(15)5-8(10)7-3-1-2-4-9(7)13(17,18)19/h1-6H. The third-order valence-electron chi connectivity index (χ3n) is 2.53. The van der Waals surface area contributed by atoms with Crippen molar-refractivity contribution in [1.29, 1.82) is 0 Å². The first kappa shape index (κ1) is 13.5. The van der Waals surface area contributed by atoms with Crippen molar-refractivity contribution in [2.45, 2.75) is 6.18 Å². The van der Waals surface area contributed by atoms with Crippen LogP contribution in [0.3, 0.4) is 0 Å². The van der Waals surface area contributed by atoms with Gasteiger partial charge in [0, 0.05) is 11.6 Å². The molecule has 0 N–H and O–H groups in total. The lowest BCUT2D eigenvalue weighted by atomic mass is 9.98. The van der Waals surface area contributed by atoms with Crippen molar-refractivity contribution >= 4 is 0 Å². The summed E-state index contributed by atoms with van der Waals surface area (Å²) in [6.07, 6.45) is -4.71. The second kappa shape index (κ2) is 4.60. The van der Waals surface area contributed by atoms with Crippen molar-refractivity contribution in [2.75, 3.05) is 0 Å². The van der Waals surface area contributed by atoms with Crippen molar-refractivity contribution in [1.82, 2.24) is 0 Å². The first-order chi connectivity index (χ1) is 8.80. The molecule has 0 nitrogen and oxygen atoms in total. The molecular formula is C13H6F6. The van der Waals surface area contributed by atoms with Gasteiger partial charge in [0.2, 0.25) is 0 Å². The van der Waals surface area contributed by atoms with E-state index in [0.29, 0.717) is 6.07 Å². The predicted octanol–water partition coefficient (Wildman–Crippen LogP) is 4.79. The zero-order valence-corrected chi connectivity index (χ0v) is 9.23. The fourth-order valence-corrected chi connectivity index (χ4v) is 1.69. The topological polar surface area (TPSA) is 0 Å². The molecule has 100 valence electrons. The van der Waals surface area contributed by atoms with Crippen LogP contribution in [0.5, 0.6) is 0 Å². The van der Waals surface area contributed by atoms with E-state index in [0.717, 1.165) is 18.2 Å². The van der Waals surface area contributed by atoms with Crippen LogP contribution in [-0.2, 0) is 6.18 Å². The van der Waals surface area contributed by atoms with Gasteiger partial charge < -0.3 is 0 Å². The number of hydrogen-bond acceptors (Lipinski definition) is 0. The molecule has 19 heavy (non-hydrogen) atoms. The van der Waals surface area contributed by atoms with E-state index >= 15 is 0 Å². The minimum atomic E-state index is -4.71. The second-order valence-electron chi connectivity index (χ2n) is 3.79. The molecule has 0 atom stereocenters. The van der Waals surface area contributed by atoms with Crippen LogP contribution < -0.4 is 0 Å². The third kappa shape index (κ3) is 2.57. The van der Waals surface area contributed by atoms with Crippen molar-refractivity contribution in [3.63, 3.8) is 0 Å². The molecule has 2 aromatic carbocycles. The molecule has 6 heteroatoms. The first-order valence-electron chi connectivity index (χ1n) is 5.12. The molecule has 0 aromatic heterocycles. The number of benzene rings is 2. The molecule has 0 heterocycles. The zero-order valence-electron chi connectivity index (χ0n) is 9.23. The second-order valence-corrected chi connectivity index (χ2v) is 3.79. The summed E-state index contributed by atoms with van der Waals surface area (Å²) in [7, 11) is 0. The summed E-state index contributed by atoms with van der Waals surface area (Å²) in [5.41, 5.74) is -2.28. The molecule has 0 saturated carbocycles. The van der Waals surface area contributed by atoms with Gasteiger partial charge in [-0.15, -0.1) is 0 Å². The zero-order chi connectivity index (χ0) is 14.2. The highest BCUT2D eigenvalue weighted by atomic mass is 19.4. The average Bonchev–Trinajstić information content (AvgIpc) is 2.33. The van der Waals surface area contributed by atoms with Gasteiger partial charge in [0.15, 0.2) is 11.6 Å². The maximum atomic E-state index is 13.5. The summed E-state index contributed by atoms with van der Waals surface area (Å²) in [6, 6.07) is 4.76. The van der Waals surface area contributed by atoms with Gasteiger partial charge in [-0.2, -0.15) is 13.2 Å². The van der Waals surface area contributed by atoms with Gasteiger partial charge in [-0.3, -0.25) is 0 Å². The van der Waals surface area contributed by atoms with Gasteiger partial charge in [-0.1, -0.05) is 18.2 Å². The molecule has 0 aliphatic heterocycles. The van der Waals surface area contributed by atoms with Gasteiger partial charge in [0.25, 0.3) is 0 Å². The lowest BCUT2D eigenvalue weighted by Gasteiger charge is -2.13. The SMILES string of the molecule is Fc1cc(F)c(-c2ccccc2C(F)(F)F)cc1F. The fourth-order valence-electron chi connectivity index (χ4n) is 1.69. The number of halogens is 6. The molecule has 2 rings (SSSR count). The average molecular weight is 276 g/mol. The number of rotatable bonds is 1. The molecule has 0 spiro atoms. The molecule has 2 aromatic rings. The van der Waals surface area contributed by atoms with Gasteiger partial charge >= 0.3 is 6.18 Å². The normalized spacial score (nSPS) is 11.7. The Bertz CT molecular complexity index is 615. The molecule has 0 bridgehead atoms. The summed E-state index contributed by atoms with van der Waals surface area (Å²) < 4.78 is 77.6. The molecule has 0 amide bonds. The Morgan fingerprint density at radius 3 is 1.89 bits per heavy atom. The number of hydrogen-bond donors (Lipinski definition) is 0. The quantitative estimate of drug-likeness (QED) is 0.519. The third-order valence-corrected chi connectivity index (χ3v) is 2.53. The molecule has 0 fully saturated rings.